The third-order valence-electron chi connectivity index (χ3n) is 12.2. The van der Waals surface area contributed by atoms with E-state index in [-0.39, 0.29) is 67.6 Å². The molecule has 6 heterocycles. The van der Waals surface area contributed by atoms with Crippen LogP contribution in [0.5, 0.6) is 17.2 Å². The van der Waals surface area contributed by atoms with Gasteiger partial charge in [0.15, 0.2) is 11.5 Å². The fraction of sp³-hybridized carbons (Fsp3) is 0.333. The van der Waals surface area contributed by atoms with Crippen molar-refractivity contribution in [1.82, 2.24) is 19.7 Å². The number of carbonyl (C=O) groups is 2. The van der Waals surface area contributed by atoms with Gasteiger partial charge in [0.25, 0.3) is 11.8 Å². The van der Waals surface area contributed by atoms with Crippen molar-refractivity contribution in [1.29, 1.82) is 0 Å². The Balaban J connectivity index is 0.00000181. The number of phenolic OH excluding ortho intramolecular Hbond substituents is 1. The highest BCUT2D eigenvalue weighted by molar-refractivity contribution is 6.13. The Labute approximate surface area is 368 Å². The van der Waals surface area contributed by atoms with Crippen molar-refractivity contribution in [3.8, 4) is 28.5 Å². The Kier molecular flexibility index (Phi) is 12.9. The maximum Gasteiger partial charge on any atom is 0.264 e. The molecule has 316 valence electrons. The number of amides is 2. The Morgan fingerprint density at radius 1 is 0.817 bits per heavy atom. The summed E-state index contributed by atoms with van der Waals surface area (Å²) in [6, 6.07) is 27.0. The molecule has 60 heavy (non-hydrogen) atoms. The molecule has 10 rings (SSSR count). The summed E-state index contributed by atoms with van der Waals surface area (Å²) < 4.78 is 19.7. The number of phenols is 1. The van der Waals surface area contributed by atoms with Gasteiger partial charge in [0, 0.05) is 93.8 Å². The molecule has 5 aromatic rings. The topological polar surface area (TPSA) is 112 Å². The summed E-state index contributed by atoms with van der Waals surface area (Å²) in [6.45, 7) is 7.08. The summed E-state index contributed by atoms with van der Waals surface area (Å²) in [7, 11) is 2.08. The molecule has 2 N–H and O–H groups in total. The predicted molar refractivity (Wildman–Crippen MR) is 239 cm³/mol. The summed E-state index contributed by atoms with van der Waals surface area (Å²) in [5.41, 5.74) is 9.54. The van der Waals surface area contributed by atoms with Crippen molar-refractivity contribution in [3.05, 3.63) is 118 Å². The molecule has 12 nitrogen and oxygen atoms in total. The molecule has 4 aromatic carbocycles. The monoisotopic (exact) mass is 874 g/mol. The minimum absolute atomic E-state index is 0. The van der Waals surface area contributed by atoms with Crippen LogP contribution in [-0.4, -0.2) is 97.1 Å². The second-order valence-electron chi connectivity index (χ2n) is 15.6. The standard InChI is InChI=1S/C45H46N6O6.3ClH/c1-47-14-12-30-21-33(8-11-39(30)47)51(32-6-9-35(52)10-7-32)45(54)38-22-40(49-15-13-46-25-41(38)49)36-23-42-43(57-28-56-42)24-37(36)44(53)50-26-31-5-3-2-4-29(31)20-34(50)27-48-16-18-55-19-17-48;;;/h2-11,21-24,34,46,52H,12-20,25-28H2,1H3;3*1H/t34-;;;/m0.../s1. The molecule has 15 heteroatoms. The van der Waals surface area contributed by atoms with Crippen molar-refractivity contribution in [3.63, 3.8) is 0 Å². The van der Waals surface area contributed by atoms with E-state index in [0.717, 1.165) is 67.3 Å². The fourth-order valence-corrected chi connectivity index (χ4v) is 9.19. The molecule has 5 aliphatic rings. The molecule has 0 spiro atoms. The first-order valence-electron chi connectivity index (χ1n) is 19.9. The quantitative estimate of drug-likeness (QED) is 0.182. The minimum atomic E-state index is -0.197. The molecule has 2 amide bonds. The summed E-state index contributed by atoms with van der Waals surface area (Å²) in [6.07, 6.45) is 1.65. The van der Waals surface area contributed by atoms with Crippen molar-refractivity contribution in [2.24, 2.45) is 0 Å². The van der Waals surface area contributed by atoms with E-state index in [0.29, 0.717) is 73.3 Å². The molecule has 1 saturated heterocycles. The van der Waals surface area contributed by atoms with E-state index >= 15 is 9.59 Å². The lowest BCUT2D eigenvalue weighted by Crippen LogP contribution is -2.52. The molecular formula is C45H49Cl3N6O6. The number of carbonyl (C=O) groups excluding carboxylic acids is 2. The molecule has 1 fully saturated rings. The van der Waals surface area contributed by atoms with Gasteiger partial charge < -0.3 is 39.0 Å². The van der Waals surface area contributed by atoms with Crippen molar-refractivity contribution in [2.45, 2.75) is 38.5 Å². The van der Waals surface area contributed by atoms with Crippen LogP contribution in [0.1, 0.15) is 43.1 Å². The second-order valence-corrected chi connectivity index (χ2v) is 15.6. The number of aromatic hydroxyl groups is 1. The summed E-state index contributed by atoms with van der Waals surface area (Å²) >= 11 is 0. The van der Waals surface area contributed by atoms with Gasteiger partial charge in [-0.25, -0.2) is 0 Å². The lowest BCUT2D eigenvalue weighted by molar-refractivity contribution is 0.0193. The van der Waals surface area contributed by atoms with E-state index in [9.17, 15) is 5.11 Å². The van der Waals surface area contributed by atoms with Crippen LogP contribution < -0.4 is 24.6 Å². The molecule has 0 saturated carbocycles. The number of ether oxygens (including phenoxy) is 3. The largest absolute Gasteiger partial charge is 0.508 e. The van der Waals surface area contributed by atoms with Crippen molar-refractivity contribution < 1.29 is 28.9 Å². The number of halogens is 3. The average molecular weight is 876 g/mol. The fourth-order valence-electron chi connectivity index (χ4n) is 9.19. The Hall–Kier alpha value is -4.95. The third-order valence-corrected chi connectivity index (χ3v) is 12.2. The maximum absolute atomic E-state index is 15.3. The van der Waals surface area contributed by atoms with E-state index in [1.807, 2.05) is 35.2 Å². The average Bonchev–Trinajstić information content (AvgIpc) is 3.97. The van der Waals surface area contributed by atoms with Crippen LogP contribution in [0.15, 0.2) is 84.9 Å². The zero-order valence-electron chi connectivity index (χ0n) is 33.3. The number of benzene rings is 4. The first kappa shape index (κ1) is 43.1. The van der Waals surface area contributed by atoms with Gasteiger partial charge >= 0.3 is 0 Å². The number of hydrogen-bond acceptors (Lipinski definition) is 9. The predicted octanol–water partition coefficient (Wildman–Crippen LogP) is 6.83. The molecule has 0 bridgehead atoms. The number of nitrogens with zero attached hydrogens (tertiary/aromatic N) is 5. The number of rotatable bonds is 7. The Bertz CT molecular complexity index is 2390. The molecular weight excluding hydrogens is 827 g/mol. The number of morpholine rings is 1. The molecule has 1 atom stereocenters. The first-order valence-corrected chi connectivity index (χ1v) is 19.9. The van der Waals surface area contributed by atoms with Gasteiger partial charge in [-0.1, -0.05) is 24.3 Å². The van der Waals surface area contributed by atoms with E-state index in [1.54, 1.807) is 29.2 Å². The van der Waals surface area contributed by atoms with Gasteiger partial charge in [-0.3, -0.25) is 19.4 Å². The number of aromatic nitrogens is 1. The maximum atomic E-state index is 15.3. The number of nitrogens with one attached hydrogen (secondary N) is 1. The van der Waals surface area contributed by atoms with E-state index in [1.165, 1.54) is 11.1 Å². The Morgan fingerprint density at radius 2 is 1.55 bits per heavy atom. The van der Waals surface area contributed by atoms with E-state index in [2.05, 4.69) is 57.1 Å². The number of likely N-dealkylation sites (N-methyl/N-ethyl adjacent to an activating group) is 1. The SMILES string of the molecule is CN1CCc2cc(N(C(=O)c3cc(-c4cc5c(cc4C(=O)N4Cc6ccccc6C[C@H]4CN4CCOCC4)OCO5)n4c3CNCC4)c3ccc(O)cc3)ccc21.Cl.Cl.Cl. The van der Waals surface area contributed by atoms with Gasteiger partial charge in [0.05, 0.1) is 30.0 Å². The Morgan fingerprint density at radius 3 is 2.33 bits per heavy atom. The normalized spacial score (nSPS) is 17.6. The van der Waals surface area contributed by atoms with Gasteiger partial charge in [-0.2, -0.15) is 0 Å². The lowest BCUT2D eigenvalue weighted by atomic mass is 9.92. The zero-order chi connectivity index (χ0) is 38.6. The van der Waals surface area contributed by atoms with E-state index in [4.69, 9.17) is 14.2 Å². The van der Waals surface area contributed by atoms with Crippen molar-refractivity contribution in [2.75, 3.05) is 69.6 Å². The lowest BCUT2D eigenvalue weighted by Gasteiger charge is -2.40. The van der Waals surface area contributed by atoms with Crippen LogP contribution in [0.3, 0.4) is 0 Å². The third kappa shape index (κ3) is 7.88. The van der Waals surface area contributed by atoms with Crippen LogP contribution in [0.25, 0.3) is 11.3 Å². The van der Waals surface area contributed by atoms with Crippen molar-refractivity contribution >= 4 is 66.1 Å². The summed E-state index contributed by atoms with van der Waals surface area (Å²) in [5.74, 6) is 0.952. The molecule has 0 radical (unpaired) electrons. The zero-order valence-corrected chi connectivity index (χ0v) is 35.8. The van der Waals surface area contributed by atoms with Crippen LogP contribution in [0.4, 0.5) is 17.1 Å². The van der Waals surface area contributed by atoms with Gasteiger partial charge in [-0.05, 0) is 90.2 Å². The van der Waals surface area contributed by atoms with Crippen LogP contribution in [-0.2, 0) is 37.2 Å². The molecule has 5 aliphatic heterocycles. The minimum Gasteiger partial charge on any atom is -0.508 e. The van der Waals surface area contributed by atoms with Gasteiger partial charge in [0.2, 0.25) is 6.79 Å². The number of anilines is 3. The van der Waals surface area contributed by atoms with Gasteiger partial charge in [-0.15, -0.1) is 37.2 Å². The summed E-state index contributed by atoms with van der Waals surface area (Å²) in [5, 5.41) is 13.7. The van der Waals surface area contributed by atoms with Gasteiger partial charge in [0.1, 0.15) is 5.75 Å². The highest BCUT2D eigenvalue weighted by atomic mass is 35.5. The smallest absolute Gasteiger partial charge is 0.264 e. The van der Waals surface area contributed by atoms with Crippen LogP contribution >= 0.6 is 37.2 Å². The molecule has 0 unspecified atom stereocenters. The number of fused-ring (bicyclic) bond motifs is 4. The van der Waals surface area contributed by atoms with Crippen LogP contribution in [0.2, 0.25) is 0 Å². The molecule has 0 aliphatic carbocycles. The highest BCUT2D eigenvalue weighted by Crippen LogP contribution is 2.43. The second kappa shape index (κ2) is 18.0. The summed E-state index contributed by atoms with van der Waals surface area (Å²) in [4.78, 5) is 38.8. The number of hydrogen-bond donors (Lipinski definition) is 2. The molecule has 1 aromatic heterocycles. The van der Waals surface area contributed by atoms with Crippen LogP contribution in [0, 0.1) is 0 Å². The highest BCUT2D eigenvalue weighted by Gasteiger charge is 2.36. The first-order chi connectivity index (χ1) is 27.9. The van der Waals surface area contributed by atoms with E-state index < -0.39 is 0 Å².